The maximum absolute atomic E-state index is 4.58. The molecule has 0 unspecified atom stereocenters. The van der Waals surface area contributed by atoms with E-state index in [1.165, 1.54) is 0 Å². The predicted molar refractivity (Wildman–Crippen MR) is 79.3 cm³/mol. The van der Waals surface area contributed by atoms with Crippen molar-refractivity contribution in [3.63, 3.8) is 0 Å². The molecular weight excluding hydrogens is 284 g/mol. The Hall–Kier alpha value is -1.44. The third-order valence-electron chi connectivity index (χ3n) is 2.80. The van der Waals surface area contributed by atoms with Gasteiger partial charge in [-0.15, -0.1) is 0 Å². The molecule has 0 amide bonds. The van der Waals surface area contributed by atoms with Gasteiger partial charge in [-0.1, -0.05) is 24.3 Å². The molecule has 0 aliphatic carbocycles. The average molecular weight is 302 g/mol. The molecule has 3 aromatic rings. The van der Waals surface area contributed by atoms with E-state index < -0.39 is 0 Å². The molecule has 0 aliphatic heterocycles. The van der Waals surface area contributed by atoms with Crippen molar-refractivity contribution in [3.05, 3.63) is 62.6 Å². The fraction of sp³-hybridized carbons (Fsp3) is 0.125. The normalized spacial score (nSPS) is 9.37. The van der Waals surface area contributed by atoms with E-state index in [0.717, 1.165) is 33.2 Å². The van der Waals surface area contributed by atoms with Crippen molar-refractivity contribution in [2.45, 2.75) is 13.8 Å². The second-order valence-corrected chi connectivity index (χ2v) is 4.11. The van der Waals surface area contributed by atoms with E-state index in [4.69, 9.17) is 0 Å². The molecule has 3 rings (SSSR count). The standard InChI is InChI=1S/C14H12N2.2CH3.Cu/c1-9-3-5-11-7-8-12-6-4-10(2)16-14(12)13(11)15-9;;;/h3-8H,1-2H3;2*1H3;/q;2*-1;+2. The molecule has 19 heavy (non-hydrogen) atoms. The van der Waals surface area contributed by atoms with Crippen LogP contribution in [0.4, 0.5) is 0 Å². The summed E-state index contributed by atoms with van der Waals surface area (Å²) in [6, 6.07) is 12.5. The number of pyridine rings is 2. The van der Waals surface area contributed by atoms with Crippen molar-refractivity contribution in [1.29, 1.82) is 0 Å². The Labute approximate surface area is 125 Å². The van der Waals surface area contributed by atoms with E-state index in [0.29, 0.717) is 0 Å². The molecule has 1 aromatic carbocycles. The fourth-order valence-corrected chi connectivity index (χ4v) is 1.96. The van der Waals surface area contributed by atoms with Crippen LogP contribution in [0.15, 0.2) is 36.4 Å². The Morgan fingerprint density at radius 3 is 1.32 bits per heavy atom. The summed E-state index contributed by atoms with van der Waals surface area (Å²) in [6.07, 6.45) is 0. The molecule has 0 atom stereocenters. The summed E-state index contributed by atoms with van der Waals surface area (Å²) in [5, 5.41) is 2.30. The summed E-state index contributed by atoms with van der Waals surface area (Å²) in [6.45, 7) is 4.02. The fourth-order valence-electron chi connectivity index (χ4n) is 1.96. The Bertz CT molecular complexity index is 632. The van der Waals surface area contributed by atoms with Gasteiger partial charge in [-0.25, -0.2) is 0 Å². The van der Waals surface area contributed by atoms with Crippen LogP contribution in [0.3, 0.4) is 0 Å². The largest absolute Gasteiger partial charge is 2.00 e. The molecule has 0 aliphatic rings. The van der Waals surface area contributed by atoms with Crippen LogP contribution < -0.4 is 0 Å². The SMILES string of the molecule is Cc1ccc2ccc3ccc(C)nc3c2n1.[CH3-].[CH3-].[Cu+2]. The summed E-state index contributed by atoms with van der Waals surface area (Å²) in [5.74, 6) is 0. The van der Waals surface area contributed by atoms with Crippen molar-refractivity contribution < 1.29 is 17.1 Å². The topological polar surface area (TPSA) is 25.8 Å². The summed E-state index contributed by atoms with van der Waals surface area (Å²) in [4.78, 5) is 9.16. The molecule has 0 bridgehead atoms. The van der Waals surface area contributed by atoms with E-state index in [-0.39, 0.29) is 31.9 Å². The van der Waals surface area contributed by atoms with Crippen LogP contribution >= 0.6 is 0 Å². The Balaban J connectivity index is 0.00000108. The van der Waals surface area contributed by atoms with Crippen LogP contribution in [-0.4, -0.2) is 9.97 Å². The molecule has 0 N–H and O–H groups in total. The molecule has 0 fully saturated rings. The van der Waals surface area contributed by atoms with Gasteiger partial charge in [0, 0.05) is 22.2 Å². The molecule has 2 aromatic heterocycles. The van der Waals surface area contributed by atoms with Gasteiger partial charge in [0.25, 0.3) is 0 Å². The maximum Gasteiger partial charge on any atom is 2.00 e. The first-order valence-electron chi connectivity index (χ1n) is 5.38. The van der Waals surface area contributed by atoms with Gasteiger partial charge in [0.05, 0.1) is 11.0 Å². The molecule has 0 saturated carbocycles. The Morgan fingerprint density at radius 1 is 0.632 bits per heavy atom. The third kappa shape index (κ3) is 3.12. The molecule has 0 saturated heterocycles. The molecule has 2 heterocycles. The number of hydrogen-bond acceptors (Lipinski definition) is 2. The number of aromatic nitrogens is 2. The zero-order valence-electron chi connectivity index (χ0n) is 11.7. The van der Waals surface area contributed by atoms with Crippen LogP contribution in [-0.2, 0) is 17.1 Å². The average Bonchev–Trinajstić information content (AvgIpc) is 2.29. The quantitative estimate of drug-likeness (QED) is 0.351. The van der Waals surface area contributed by atoms with E-state index in [1.807, 2.05) is 26.0 Å². The molecule has 103 valence electrons. The first-order valence-corrected chi connectivity index (χ1v) is 5.38. The van der Waals surface area contributed by atoms with Gasteiger partial charge in [0.1, 0.15) is 0 Å². The molecule has 3 heteroatoms. The number of rotatable bonds is 0. The zero-order valence-corrected chi connectivity index (χ0v) is 12.6. The van der Waals surface area contributed by atoms with Crippen molar-refractivity contribution in [1.82, 2.24) is 9.97 Å². The third-order valence-corrected chi connectivity index (χ3v) is 2.80. The predicted octanol–water partition coefficient (Wildman–Crippen LogP) is 4.30. The van der Waals surface area contributed by atoms with Gasteiger partial charge < -0.3 is 14.9 Å². The smallest absolute Gasteiger partial charge is 0.358 e. The number of hydrogen-bond donors (Lipinski definition) is 0. The van der Waals surface area contributed by atoms with Crippen molar-refractivity contribution in [2.24, 2.45) is 0 Å². The molecular formula is C16H18CuN2. The van der Waals surface area contributed by atoms with E-state index in [2.05, 4.69) is 34.2 Å². The zero-order chi connectivity index (χ0) is 11.1. The van der Waals surface area contributed by atoms with Crippen LogP contribution in [0.25, 0.3) is 21.8 Å². The molecule has 1 radical (unpaired) electrons. The van der Waals surface area contributed by atoms with Crippen LogP contribution in [0, 0.1) is 28.7 Å². The second-order valence-electron chi connectivity index (χ2n) is 4.11. The van der Waals surface area contributed by atoms with Gasteiger partial charge in [0.2, 0.25) is 0 Å². The van der Waals surface area contributed by atoms with E-state index >= 15 is 0 Å². The first-order chi connectivity index (χ1) is 7.74. The summed E-state index contributed by atoms with van der Waals surface area (Å²) in [5.41, 5.74) is 4.06. The van der Waals surface area contributed by atoms with E-state index in [9.17, 15) is 0 Å². The number of fused-ring (bicyclic) bond motifs is 3. The minimum Gasteiger partial charge on any atom is -0.358 e. The van der Waals surface area contributed by atoms with Crippen LogP contribution in [0.5, 0.6) is 0 Å². The summed E-state index contributed by atoms with van der Waals surface area (Å²) < 4.78 is 0. The van der Waals surface area contributed by atoms with Crippen molar-refractivity contribution in [2.75, 3.05) is 0 Å². The molecule has 2 nitrogen and oxygen atoms in total. The van der Waals surface area contributed by atoms with Crippen LogP contribution in [0.2, 0.25) is 0 Å². The molecule has 0 spiro atoms. The second kappa shape index (κ2) is 6.65. The number of aryl methyl sites for hydroxylation is 2. The van der Waals surface area contributed by atoms with E-state index in [1.54, 1.807) is 0 Å². The Kier molecular flexibility index (Phi) is 6.14. The minimum absolute atomic E-state index is 0. The van der Waals surface area contributed by atoms with Gasteiger partial charge in [-0.05, 0) is 26.0 Å². The van der Waals surface area contributed by atoms with Gasteiger partial charge in [-0.3, -0.25) is 9.97 Å². The van der Waals surface area contributed by atoms with Crippen LogP contribution in [0.1, 0.15) is 11.4 Å². The first kappa shape index (κ1) is 17.6. The van der Waals surface area contributed by atoms with Gasteiger partial charge >= 0.3 is 17.1 Å². The monoisotopic (exact) mass is 301 g/mol. The summed E-state index contributed by atoms with van der Waals surface area (Å²) >= 11 is 0. The number of benzene rings is 1. The van der Waals surface area contributed by atoms with Crippen molar-refractivity contribution in [3.8, 4) is 0 Å². The summed E-state index contributed by atoms with van der Waals surface area (Å²) in [7, 11) is 0. The van der Waals surface area contributed by atoms with Gasteiger partial charge in [0.15, 0.2) is 0 Å². The minimum atomic E-state index is 0. The van der Waals surface area contributed by atoms with Gasteiger partial charge in [-0.2, -0.15) is 0 Å². The van der Waals surface area contributed by atoms with Crippen molar-refractivity contribution >= 4 is 21.8 Å². The maximum atomic E-state index is 4.58. The Morgan fingerprint density at radius 2 is 0.947 bits per heavy atom. The number of nitrogens with zero attached hydrogens (tertiary/aromatic N) is 2.